The second-order valence-electron chi connectivity index (χ2n) is 8.98. The number of aromatic amines is 2. The molecule has 8 bridgehead atoms. The van der Waals surface area contributed by atoms with Crippen molar-refractivity contribution in [1.29, 1.82) is 0 Å². The van der Waals surface area contributed by atoms with Crippen molar-refractivity contribution in [1.82, 2.24) is 19.9 Å². The summed E-state index contributed by atoms with van der Waals surface area (Å²) >= 11 is 0. The van der Waals surface area contributed by atoms with Gasteiger partial charge in [-0.2, -0.15) is 0 Å². The van der Waals surface area contributed by atoms with Gasteiger partial charge in [0.1, 0.15) is 11.4 Å². The molecule has 5 heterocycles. The van der Waals surface area contributed by atoms with Gasteiger partial charge in [0.25, 0.3) is 0 Å². The molecule has 0 atom stereocenters. The van der Waals surface area contributed by atoms with Crippen molar-refractivity contribution >= 4 is 51.1 Å². The predicted molar refractivity (Wildman–Crippen MR) is 143 cm³/mol. The topological polar surface area (TPSA) is 100 Å². The van der Waals surface area contributed by atoms with Crippen LogP contribution in [0.5, 0.6) is 0 Å². The molecule has 2 N–H and O–H groups in total. The Kier molecular flexibility index (Phi) is 5.63. The minimum Gasteiger partial charge on any atom is -0.355 e. The summed E-state index contributed by atoms with van der Waals surface area (Å²) in [5, 5.41) is 12.3. The lowest BCUT2D eigenvalue weighted by molar-refractivity contribution is -0.385. The van der Waals surface area contributed by atoms with Gasteiger partial charge in [0.05, 0.1) is 16.3 Å². The van der Waals surface area contributed by atoms with Crippen molar-refractivity contribution in [3.63, 3.8) is 0 Å². The van der Waals surface area contributed by atoms with Crippen molar-refractivity contribution in [2.45, 2.75) is 53.9 Å². The molecule has 7 nitrogen and oxygen atoms in total. The zero-order chi connectivity index (χ0) is 24.9. The van der Waals surface area contributed by atoms with Gasteiger partial charge in [-0.15, -0.1) is 0 Å². The van der Waals surface area contributed by atoms with Crippen LogP contribution in [0.4, 0.5) is 5.69 Å². The van der Waals surface area contributed by atoms with E-state index in [1.807, 2.05) is 25.1 Å². The van der Waals surface area contributed by atoms with Crippen LogP contribution >= 0.6 is 0 Å². The molecular formula is C28H29N5O2. The van der Waals surface area contributed by atoms with Gasteiger partial charge in [-0.05, 0) is 91.8 Å². The number of aryl methyl sites for hydroxylation is 3. The first kappa shape index (κ1) is 22.8. The summed E-state index contributed by atoms with van der Waals surface area (Å²) in [5.74, 6) is 0. The number of allylic oxidation sites excluding steroid dienone is 2. The SMILES string of the molecule is CCC1=C(C)c2nc1cc1[nH]c(cc3ccc([nH]3)c(CC)c3nc(c2[N+](=O)[O-])C=C3)c(C)c1CC. The summed E-state index contributed by atoms with van der Waals surface area (Å²) in [5.41, 5.74) is 11.4. The molecule has 5 rings (SSSR count). The van der Waals surface area contributed by atoms with Crippen molar-refractivity contribution in [2.24, 2.45) is 0 Å². The van der Waals surface area contributed by atoms with E-state index in [2.05, 4.69) is 49.8 Å². The third-order valence-corrected chi connectivity index (χ3v) is 7.07. The summed E-state index contributed by atoms with van der Waals surface area (Å²) in [4.78, 5) is 28.6. The van der Waals surface area contributed by atoms with Gasteiger partial charge in [-0.3, -0.25) is 10.1 Å². The first-order chi connectivity index (χ1) is 16.9. The molecule has 35 heavy (non-hydrogen) atoms. The zero-order valence-electron chi connectivity index (χ0n) is 20.7. The number of hydrogen-bond acceptors (Lipinski definition) is 4. The number of nitrogens with zero attached hydrogens (tertiary/aromatic N) is 3. The highest BCUT2D eigenvalue weighted by Crippen LogP contribution is 2.38. The monoisotopic (exact) mass is 467 g/mol. The van der Waals surface area contributed by atoms with Crippen LogP contribution in [0.15, 0.2) is 24.3 Å². The molecule has 0 spiro atoms. The number of fused-ring (bicyclic) bond motifs is 8. The lowest BCUT2D eigenvalue weighted by Gasteiger charge is -2.00. The fourth-order valence-electron chi connectivity index (χ4n) is 5.24. The van der Waals surface area contributed by atoms with E-state index in [4.69, 9.17) is 9.97 Å². The first-order valence-electron chi connectivity index (χ1n) is 12.1. The summed E-state index contributed by atoms with van der Waals surface area (Å²) in [6.07, 6.45) is 5.93. The molecule has 0 fully saturated rings. The maximum Gasteiger partial charge on any atom is 0.320 e. The van der Waals surface area contributed by atoms with E-state index in [1.165, 1.54) is 11.1 Å². The molecule has 0 radical (unpaired) electrons. The summed E-state index contributed by atoms with van der Waals surface area (Å²) < 4.78 is 0. The van der Waals surface area contributed by atoms with Crippen LogP contribution in [0.3, 0.4) is 0 Å². The Morgan fingerprint density at radius 3 is 2.29 bits per heavy atom. The fraction of sp³-hybridized carbons (Fsp3) is 0.286. The van der Waals surface area contributed by atoms with Crippen molar-refractivity contribution in [3.05, 3.63) is 73.8 Å². The van der Waals surface area contributed by atoms with E-state index in [9.17, 15) is 10.1 Å². The Morgan fingerprint density at radius 2 is 1.60 bits per heavy atom. The van der Waals surface area contributed by atoms with E-state index in [0.29, 0.717) is 11.4 Å². The van der Waals surface area contributed by atoms with E-state index < -0.39 is 0 Å². The summed E-state index contributed by atoms with van der Waals surface area (Å²) in [6, 6.07) is 8.27. The Balaban J connectivity index is 2.03. The highest BCUT2D eigenvalue weighted by molar-refractivity contribution is 5.95. The number of hydrogen-bond donors (Lipinski definition) is 2. The minimum absolute atomic E-state index is 0.0507. The average molecular weight is 468 g/mol. The van der Waals surface area contributed by atoms with Gasteiger partial charge < -0.3 is 9.97 Å². The van der Waals surface area contributed by atoms with Crippen molar-refractivity contribution < 1.29 is 4.92 Å². The standard InChI is InChI=1S/C28H29N5O2/c1-6-18-15(4)24-13-17-9-10-21(29-17)20(8-3)22-11-12-23(30-22)28(33(34)35)27-16(5)19(7-2)26(32-27)14-25(18)31-24/h9-14,29,31H,6-8H2,1-5H3. The molecule has 7 heteroatoms. The minimum atomic E-state index is -0.352. The lowest BCUT2D eigenvalue weighted by atomic mass is 10.0. The van der Waals surface area contributed by atoms with E-state index in [0.717, 1.165) is 69.4 Å². The highest BCUT2D eigenvalue weighted by atomic mass is 16.6. The summed E-state index contributed by atoms with van der Waals surface area (Å²) in [6.45, 7) is 10.3. The zero-order valence-corrected chi connectivity index (χ0v) is 20.7. The second-order valence-corrected chi connectivity index (χ2v) is 8.98. The normalized spacial score (nSPS) is 13.1. The van der Waals surface area contributed by atoms with Gasteiger partial charge in [-0.25, -0.2) is 9.97 Å². The largest absolute Gasteiger partial charge is 0.355 e. The molecular weight excluding hydrogens is 438 g/mol. The quantitative estimate of drug-likeness (QED) is 0.245. The maximum absolute atomic E-state index is 12.3. The molecule has 178 valence electrons. The second kappa shape index (κ2) is 8.65. The van der Waals surface area contributed by atoms with Crippen LogP contribution in [0.2, 0.25) is 0 Å². The van der Waals surface area contributed by atoms with Gasteiger partial charge >= 0.3 is 5.69 Å². The molecule has 3 aromatic heterocycles. The predicted octanol–water partition coefficient (Wildman–Crippen LogP) is 7.17. The van der Waals surface area contributed by atoms with Gasteiger partial charge in [0, 0.05) is 27.6 Å². The number of nitrogens with one attached hydrogen (secondary N) is 2. The number of rotatable bonds is 4. The number of nitro groups is 1. The van der Waals surface area contributed by atoms with E-state index >= 15 is 0 Å². The first-order valence-corrected chi connectivity index (χ1v) is 12.1. The molecule has 2 aliphatic rings. The van der Waals surface area contributed by atoms with E-state index in [1.54, 1.807) is 6.08 Å². The van der Waals surface area contributed by atoms with Crippen LogP contribution in [-0.2, 0) is 12.8 Å². The smallest absolute Gasteiger partial charge is 0.320 e. The van der Waals surface area contributed by atoms with Gasteiger partial charge in [0.15, 0.2) is 0 Å². The van der Waals surface area contributed by atoms with E-state index in [-0.39, 0.29) is 10.6 Å². The molecule has 0 aromatic carbocycles. The van der Waals surface area contributed by atoms with Crippen LogP contribution in [-0.4, -0.2) is 24.9 Å². The molecule has 0 saturated heterocycles. The van der Waals surface area contributed by atoms with Gasteiger partial charge in [0.2, 0.25) is 0 Å². The Morgan fingerprint density at radius 1 is 0.857 bits per heavy atom. The molecule has 0 saturated carbocycles. The third kappa shape index (κ3) is 3.67. The average Bonchev–Trinajstić information content (AvgIpc) is 3.59. The van der Waals surface area contributed by atoms with Crippen LogP contribution in [0, 0.1) is 17.0 Å². The van der Waals surface area contributed by atoms with Crippen molar-refractivity contribution in [3.8, 4) is 0 Å². The maximum atomic E-state index is 12.3. The number of aromatic nitrogens is 4. The summed E-state index contributed by atoms with van der Waals surface area (Å²) in [7, 11) is 0. The van der Waals surface area contributed by atoms with Gasteiger partial charge in [-0.1, -0.05) is 20.8 Å². The number of H-pyrrole nitrogens is 2. The molecule has 0 aliphatic carbocycles. The molecule has 3 aromatic rings. The fourth-order valence-corrected chi connectivity index (χ4v) is 5.24. The third-order valence-electron chi connectivity index (χ3n) is 7.07. The lowest BCUT2D eigenvalue weighted by Crippen LogP contribution is -1.97. The molecule has 0 amide bonds. The molecule has 2 aliphatic heterocycles. The van der Waals surface area contributed by atoms with Crippen molar-refractivity contribution in [2.75, 3.05) is 0 Å². The molecule has 0 unspecified atom stereocenters. The van der Waals surface area contributed by atoms with Crippen LogP contribution < -0.4 is 0 Å². The Bertz CT molecular complexity index is 1600. The van der Waals surface area contributed by atoms with Crippen LogP contribution in [0.25, 0.3) is 45.4 Å². The van der Waals surface area contributed by atoms with Crippen LogP contribution in [0.1, 0.15) is 73.6 Å². The Labute approximate surface area is 203 Å². The Hall–Kier alpha value is -4.00. The highest BCUT2D eigenvalue weighted by Gasteiger charge is 2.28.